The lowest BCUT2D eigenvalue weighted by Gasteiger charge is -2.25. The van der Waals surface area contributed by atoms with Crippen LogP contribution in [0.15, 0.2) is 0 Å². The molecule has 13 heavy (non-hydrogen) atoms. The van der Waals surface area contributed by atoms with Crippen LogP contribution in [0.3, 0.4) is 0 Å². The number of carbonyl (C=O) groups excluding carboxylic acids is 1. The van der Waals surface area contributed by atoms with Gasteiger partial charge in [0, 0.05) is 12.5 Å². The van der Waals surface area contributed by atoms with Crippen molar-refractivity contribution in [2.75, 3.05) is 13.7 Å². The van der Waals surface area contributed by atoms with Gasteiger partial charge in [-0.25, -0.2) is 0 Å². The van der Waals surface area contributed by atoms with Gasteiger partial charge in [-0.15, -0.1) is 0 Å². The molecule has 0 amide bonds. The molecule has 2 atom stereocenters. The molecule has 0 radical (unpaired) electrons. The van der Waals surface area contributed by atoms with Gasteiger partial charge >= 0.3 is 5.97 Å². The molecule has 0 aromatic rings. The number of methoxy groups -OCH3 is 1. The Morgan fingerprint density at radius 2 is 2.15 bits per heavy atom. The molecule has 1 saturated heterocycles. The molecular weight excluding hydrogens is 170 g/mol. The van der Waals surface area contributed by atoms with Gasteiger partial charge in [-0.1, -0.05) is 20.8 Å². The predicted molar refractivity (Wildman–Crippen MR) is 48.1 cm³/mol. The quantitative estimate of drug-likeness (QED) is 0.640. The van der Waals surface area contributed by atoms with Crippen LogP contribution in [-0.2, 0) is 14.3 Å². The van der Waals surface area contributed by atoms with Crippen molar-refractivity contribution < 1.29 is 14.3 Å². The van der Waals surface area contributed by atoms with Gasteiger partial charge in [0.25, 0.3) is 0 Å². The minimum atomic E-state index is -0.311. The number of nitrogens with one attached hydrogen (secondary N) is 1. The summed E-state index contributed by atoms with van der Waals surface area (Å²) < 4.78 is 10.1. The minimum absolute atomic E-state index is 0.0713. The molecule has 1 aliphatic heterocycles. The van der Waals surface area contributed by atoms with Gasteiger partial charge in [-0.05, 0) is 0 Å². The summed E-state index contributed by atoms with van der Waals surface area (Å²) in [5, 5.41) is 3.08. The Morgan fingerprint density at radius 1 is 1.54 bits per heavy atom. The van der Waals surface area contributed by atoms with Gasteiger partial charge in [-0.2, -0.15) is 0 Å². The van der Waals surface area contributed by atoms with Crippen molar-refractivity contribution in [2.24, 2.45) is 5.41 Å². The van der Waals surface area contributed by atoms with Crippen molar-refractivity contribution in [3.63, 3.8) is 0 Å². The summed E-state index contributed by atoms with van der Waals surface area (Å²) in [5.41, 5.74) is -0.0713. The van der Waals surface area contributed by atoms with Crippen LogP contribution in [0.1, 0.15) is 20.8 Å². The van der Waals surface area contributed by atoms with Gasteiger partial charge < -0.3 is 9.47 Å². The van der Waals surface area contributed by atoms with E-state index in [1.807, 2.05) is 20.8 Å². The molecule has 0 aromatic carbocycles. The SMILES string of the molecule is COCC1N[C@@H](C(C)(C)C)OC1=O. The molecule has 1 heterocycles. The summed E-state index contributed by atoms with van der Waals surface area (Å²) in [5.74, 6) is -0.221. The molecule has 1 fully saturated rings. The lowest BCUT2D eigenvalue weighted by Crippen LogP contribution is -2.41. The average Bonchev–Trinajstić information content (AvgIpc) is 2.32. The third kappa shape index (κ3) is 2.42. The molecule has 0 spiro atoms. The summed E-state index contributed by atoms with van der Waals surface area (Å²) in [6, 6.07) is -0.311. The van der Waals surface area contributed by atoms with Crippen LogP contribution in [0.5, 0.6) is 0 Å². The lowest BCUT2D eigenvalue weighted by atomic mass is 9.94. The van der Waals surface area contributed by atoms with Gasteiger partial charge in [0.15, 0.2) is 6.23 Å². The zero-order chi connectivity index (χ0) is 10.1. The number of hydrogen-bond donors (Lipinski definition) is 1. The van der Waals surface area contributed by atoms with Crippen LogP contribution in [-0.4, -0.2) is 32.0 Å². The highest BCUT2D eigenvalue weighted by Gasteiger charge is 2.39. The van der Waals surface area contributed by atoms with Crippen molar-refractivity contribution in [3.8, 4) is 0 Å². The van der Waals surface area contributed by atoms with Crippen molar-refractivity contribution in [1.82, 2.24) is 5.32 Å². The van der Waals surface area contributed by atoms with E-state index in [-0.39, 0.29) is 23.7 Å². The molecule has 0 saturated carbocycles. The van der Waals surface area contributed by atoms with E-state index < -0.39 is 0 Å². The predicted octanol–water partition coefficient (Wildman–Crippen LogP) is 0.520. The van der Waals surface area contributed by atoms with Gasteiger partial charge in [0.2, 0.25) is 0 Å². The Labute approximate surface area is 78.6 Å². The Kier molecular flexibility index (Phi) is 2.93. The first kappa shape index (κ1) is 10.5. The molecule has 0 aromatic heterocycles. The molecule has 0 aliphatic carbocycles. The number of ether oxygens (including phenoxy) is 2. The molecule has 1 aliphatic rings. The van der Waals surface area contributed by atoms with E-state index in [2.05, 4.69) is 5.32 Å². The largest absolute Gasteiger partial charge is 0.445 e. The summed E-state index contributed by atoms with van der Waals surface area (Å²) in [6.07, 6.45) is -0.208. The van der Waals surface area contributed by atoms with Crippen molar-refractivity contribution in [2.45, 2.75) is 33.0 Å². The van der Waals surface area contributed by atoms with E-state index in [1.165, 1.54) is 0 Å². The molecule has 1 unspecified atom stereocenters. The van der Waals surface area contributed by atoms with E-state index >= 15 is 0 Å². The van der Waals surface area contributed by atoms with E-state index in [4.69, 9.17) is 9.47 Å². The van der Waals surface area contributed by atoms with Crippen LogP contribution in [0.2, 0.25) is 0 Å². The fraction of sp³-hybridized carbons (Fsp3) is 0.889. The maximum absolute atomic E-state index is 11.3. The van der Waals surface area contributed by atoms with E-state index in [0.29, 0.717) is 6.61 Å². The number of carbonyl (C=O) groups is 1. The van der Waals surface area contributed by atoms with Crippen LogP contribution in [0.25, 0.3) is 0 Å². The molecule has 4 nitrogen and oxygen atoms in total. The van der Waals surface area contributed by atoms with Gasteiger partial charge in [0.05, 0.1) is 6.61 Å². The highest BCUT2D eigenvalue weighted by Crippen LogP contribution is 2.24. The van der Waals surface area contributed by atoms with Crippen molar-refractivity contribution in [1.29, 1.82) is 0 Å². The fourth-order valence-electron chi connectivity index (χ4n) is 1.19. The summed E-state index contributed by atoms with van der Waals surface area (Å²) in [7, 11) is 1.57. The second-order valence-electron chi connectivity index (χ2n) is 4.36. The third-order valence-corrected chi connectivity index (χ3v) is 1.99. The van der Waals surface area contributed by atoms with E-state index in [9.17, 15) is 4.79 Å². The third-order valence-electron chi connectivity index (χ3n) is 1.99. The summed E-state index contributed by atoms with van der Waals surface area (Å²) >= 11 is 0. The number of hydrogen-bond acceptors (Lipinski definition) is 4. The normalized spacial score (nSPS) is 29.1. The lowest BCUT2D eigenvalue weighted by molar-refractivity contribution is -0.146. The highest BCUT2D eigenvalue weighted by molar-refractivity contribution is 5.78. The number of esters is 1. The monoisotopic (exact) mass is 187 g/mol. The van der Waals surface area contributed by atoms with Crippen molar-refractivity contribution >= 4 is 5.97 Å². The Balaban J connectivity index is 2.55. The maximum atomic E-state index is 11.3. The van der Waals surface area contributed by atoms with E-state index in [1.54, 1.807) is 7.11 Å². The first-order valence-corrected chi connectivity index (χ1v) is 4.40. The molecule has 1 N–H and O–H groups in total. The van der Waals surface area contributed by atoms with Crippen LogP contribution in [0, 0.1) is 5.41 Å². The number of rotatable bonds is 2. The molecule has 1 rings (SSSR count). The first-order chi connectivity index (χ1) is 5.95. The first-order valence-electron chi connectivity index (χ1n) is 4.40. The topological polar surface area (TPSA) is 47.6 Å². The molecule has 0 bridgehead atoms. The van der Waals surface area contributed by atoms with Crippen LogP contribution < -0.4 is 5.32 Å². The molecular formula is C9H17NO3. The van der Waals surface area contributed by atoms with Crippen LogP contribution in [0.4, 0.5) is 0 Å². The standard InChI is InChI=1S/C9H17NO3/c1-9(2,3)8-10-6(5-12-4)7(11)13-8/h6,8,10H,5H2,1-4H3/t6?,8-/m1/s1. The zero-order valence-electron chi connectivity index (χ0n) is 8.59. The number of cyclic esters (lactones) is 1. The second kappa shape index (κ2) is 3.64. The fourth-order valence-corrected chi connectivity index (χ4v) is 1.19. The Hall–Kier alpha value is -0.610. The molecule has 76 valence electrons. The second-order valence-corrected chi connectivity index (χ2v) is 4.36. The van der Waals surface area contributed by atoms with Crippen LogP contribution >= 0.6 is 0 Å². The van der Waals surface area contributed by atoms with Gasteiger partial charge in [-0.3, -0.25) is 10.1 Å². The highest BCUT2D eigenvalue weighted by atomic mass is 16.6. The van der Waals surface area contributed by atoms with Gasteiger partial charge in [0.1, 0.15) is 6.04 Å². The van der Waals surface area contributed by atoms with Crippen molar-refractivity contribution in [3.05, 3.63) is 0 Å². The smallest absolute Gasteiger partial charge is 0.327 e. The Morgan fingerprint density at radius 3 is 2.54 bits per heavy atom. The summed E-state index contributed by atoms with van der Waals surface area (Å²) in [6.45, 7) is 6.43. The minimum Gasteiger partial charge on any atom is -0.445 e. The molecule has 4 heteroatoms. The zero-order valence-corrected chi connectivity index (χ0v) is 8.59. The Bertz CT molecular complexity index is 198. The van der Waals surface area contributed by atoms with E-state index in [0.717, 1.165) is 0 Å². The summed E-state index contributed by atoms with van der Waals surface area (Å²) in [4.78, 5) is 11.3. The maximum Gasteiger partial charge on any atom is 0.327 e. The average molecular weight is 187 g/mol.